The van der Waals surface area contributed by atoms with Crippen LogP contribution in [0.25, 0.3) is 0 Å². The first kappa shape index (κ1) is 22.2. The van der Waals surface area contributed by atoms with Gasteiger partial charge in [0.15, 0.2) is 0 Å². The van der Waals surface area contributed by atoms with Crippen LogP contribution in [0.3, 0.4) is 0 Å². The lowest BCUT2D eigenvalue weighted by atomic mass is 10.2. The van der Waals surface area contributed by atoms with E-state index in [1.54, 1.807) is 0 Å². The number of halogens is 1. The number of hydrogen-bond donors (Lipinski definition) is 1. The second-order valence-corrected chi connectivity index (χ2v) is 8.13. The molecule has 0 saturated carbocycles. The van der Waals surface area contributed by atoms with E-state index >= 15 is 0 Å². The van der Waals surface area contributed by atoms with E-state index in [4.69, 9.17) is 4.74 Å². The molecule has 1 N–H and O–H groups in total. The van der Waals surface area contributed by atoms with Gasteiger partial charge in [-0.1, -0.05) is 40.2 Å². The zero-order valence-corrected chi connectivity index (χ0v) is 18.6. The van der Waals surface area contributed by atoms with Crippen LogP contribution in [0.1, 0.15) is 19.3 Å². The SMILES string of the molecule is O=C(CCCOc1cccc(Br)c1)NCCC(=O)N1CCN(c2ccccc2)CC1. The maximum absolute atomic E-state index is 12.4. The Morgan fingerprint density at radius 2 is 1.73 bits per heavy atom. The van der Waals surface area contributed by atoms with Gasteiger partial charge in [-0.2, -0.15) is 0 Å². The molecular weight excluding hydrogens is 446 g/mol. The van der Waals surface area contributed by atoms with Gasteiger partial charge in [0, 0.05) is 55.7 Å². The van der Waals surface area contributed by atoms with Gasteiger partial charge < -0.3 is 19.9 Å². The summed E-state index contributed by atoms with van der Waals surface area (Å²) in [7, 11) is 0. The van der Waals surface area contributed by atoms with Crippen molar-refractivity contribution in [3.8, 4) is 5.75 Å². The van der Waals surface area contributed by atoms with Crippen molar-refractivity contribution in [3.63, 3.8) is 0 Å². The number of amides is 2. The van der Waals surface area contributed by atoms with E-state index in [1.165, 1.54) is 5.69 Å². The molecule has 1 fully saturated rings. The molecule has 2 amide bonds. The van der Waals surface area contributed by atoms with Gasteiger partial charge in [0.2, 0.25) is 11.8 Å². The molecule has 2 aromatic carbocycles. The van der Waals surface area contributed by atoms with Crippen LogP contribution in [0.15, 0.2) is 59.1 Å². The molecule has 0 unspecified atom stereocenters. The van der Waals surface area contributed by atoms with Crippen molar-refractivity contribution in [2.75, 3.05) is 44.2 Å². The minimum Gasteiger partial charge on any atom is -0.494 e. The van der Waals surface area contributed by atoms with E-state index < -0.39 is 0 Å². The van der Waals surface area contributed by atoms with Gasteiger partial charge in [0.25, 0.3) is 0 Å². The second kappa shape index (κ2) is 11.6. The van der Waals surface area contributed by atoms with Crippen molar-refractivity contribution < 1.29 is 14.3 Å². The van der Waals surface area contributed by atoms with Gasteiger partial charge in [0.1, 0.15) is 5.75 Å². The molecule has 160 valence electrons. The summed E-state index contributed by atoms with van der Waals surface area (Å²) in [4.78, 5) is 28.5. The number of carbonyl (C=O) groups excluding carboxylic acids is 2. The molecule has 1 aliphatic heterocycles. The molecule has 0 spiro atoms. The second-order valence-electron chi connectivity index (χ2n) is 7.21. The average molecular weight is 474 g/mol. The average Bonchev–Trinajstić information content (AvgIpc) is 2.77. The lowest BCUT2D eigenvalue weighted by Crippen LogP contribution is -2.49. The Kier molecular flexibility index (Phi) is 8.56. The van der Waals surface area contributed by atoms with E-state index in [0.29, 0.717) is 45.5 Å². The van der Waals surface area contributed by atoms with Crippen molar-refractivity contribution >= 4 is 33.4 Å². The summed E-state index contributed by atoms with van der Waals surface area (Å²) in [5.74, 6) is 0.832. The Morgan fingerprint density at radius 3 is 2.47 bits per heavy atom. The predicted molar refractivity (Wildman–Crippen MR) is 122 cm³/mol. The topological polar surface area (TPSA) is 61.9 Å². The standard InChI is InChI=1S/C23H28BrN3O3/c24-19-6-4-9-21(18-19)30-17-5-10-22(28)25-12-11-23(29)27-15-13-26(14-16-27)20-7-2-1-3-8-20/h1-4,6-9,18H,5,10-17H2,(H,25,28). The molecule has 7 heteroatoms. The van der Waals surface area contributed by atoms with Gasteiger partial charge >= 0.3 is 0 Å². The number of nitrogens with one attached hydrogen (secondary N) is 1. The monoisotopic (exact) mass is 473 g/mol. The molecule has 1 saturated heterocycles. The number of rotatable bonds is 9. The summed E-state index contributed by atoms with van der Waals surface area (Å²) in [5, 5.41) is 2.84. The number of benzene rings is 2. The molecule has 30 heavy (non-hydrogen) atoms. The first-order valence-electron chi connectivity index (χ1n) is 10.3. The van der Waals surface area contributed by atoms with Crippen LogP contribution in [-0.4, -0.2) is 56.0 Å². The Balaban J connectivity index is 1.26. The molecule has 0 bridgehead atoms. The maximum atomic E-state index is 12.4. The van der Waals surface area contributed by atoms with Gasteiger partial charge in [-0.05, 0) is 36.8 Å². The summed E-state index contributed by atoms with van der Waals surface area (Å²) in [6.45, 7) is 3.96. The van der Waals surface area contributed by atoms with E-state index in [9.17, 15) is 9.59 Å². The smallest absolute Gasteiger partial charge is 0.224 e. The molecule has 0 radical (unpaired) electrons. The third kappa shape index (κ3) is 7.06. The zero-order valence-electron chi connectivity index (χ0n) is 17.1. The third-order valence-electron chi connectivity index (χ3n) is 5.03. The fourth-order valence-corrected chi connectivity index (χ4v) is 3.77. The minimum absolute atomic E-state index is 0.0467. The number of carbonyl (C=O) groups is 2. The van der Waals surface area contributed by atoms with E-state index in [2.05, 4.69) is 38.3 Å². The quantitative estimate of drug-likeness (QED) is 0.566. The summed E-state index contributed by atoms with van der Waals surface area (Å²) < 4.78 is 6.59. The lowest BCUT2D eigenvalue weighted by Gasteiger charge is -2.36. The highest BCUT2D eigenvalue weighted by Crippen LogP contribution is 2.18. The lowest BCUT2D eigenvalue weighted by molar-refractivity contribution is -0.131. The fourth-order valence-electron chi connectivity index (χ4n) is 3.39. The molecule has 2 aromatic rings. The van der Waals surface area contributed by atoms with Crippen molar-refractivity contribution in [1.82, 2.24) is 10.2 Å². The van der Waals surface area contributed by atoms with E-state index in [1.807, 2.05) is 47.4 Å². The Morgan fingerprint density at radius 1 is 0.967 bits per heavy atom. The van der Waals surface area contributed by atoms with Crippen molar-refractivity contribution in [1.29, 1.82) is 0 Å². The molecule has 1 aliphatic rings. The van der Waals surface area contributed by atoms with Crippen LogP contribution >= 0.6 is 15.9 Å². The number of hydrogen-bond acceptors (Lipinski definition) is 4. The molecular formula is C23H28BrN3O3. The van der Waals surface area contributed by atoms with Crippen LogP contribution in [0.4, 0.5) is 5.69 Å². The number of para-hydroxylation sites is 1. The van der Waals surface area contributed by atoms with Crippen molar-refractivity contribution in [2.24, 2.45) is 0 Å². The summed E-state index contributed by atoms with van der Waals surface area (Å²) in [6.07, 6.45) is 1.36. The molecule has 1 heterocycles. The van der Waals surface area contributed by atoms with Gasteiger partial charge in [-0.3, -0.25) is 9.59 Å². The zero-order chi connectivity index (χ0) is 21.2. The molecule has 3 rings (SSSR count). The highest BCUT2D eigenvalue weighted by Gasteiger charge is 2.20. The Labute approximate surface area is 186 Å². The highest BCUT2D eigenvalue weighted by molar-refractivity contribution is 9.10. The Bertz CT molecular complexity index is 823. The highest BCUT2D eigenvalue weighted by atomic mass is 79.9. The first-order chi connectivity index (χ1) is 14.6. The van der Waals surface area contributed by atoms with Crippen LogP contribution in [0, 0.1) is 0 Å². The van der Waals surface area contributed by atoms with Crippen LogP contribution in [0.2, 0.25) is 0 Å². The van der Waals surface area contributed by atoms with Crippen molar-refractivity contribution in [2.45, 2.75) is 19.3 Å². The van der Waals surface area contributed by atoms with Crippen LogP contribution in [0.5, 0.6) is 5.75 Å². The Hall–Kier alpha value is -2.54. The summed E-state index contributed by atoms with van der Waals surface area (Å²) in [5.41, 5.74) is 1.20. The fraction of sp³-hybridized carbons (Fsp3) is 0.391. The van der Waals surface area contributed by atoms with E-state index in [0.717, 1.165) is 23.3 Å². The van der Waals surface area contributed by atoms with Gasteiger partial charge in [0.05, 0.1) is 6.61 Å². The molecule has 6 nitrogen and oxygen atoms in total. The predicted octanol–water partition coefficient (Wildman–Crippen LogP) is 3.46. The molecule has 0 aromatic heterocycles. The van der Waals surface area contributed by atoms with Crippen LogP contribution in [-0.2, 0) is 9.59 Å². The molecule has 0 aliphatic carbocycles. The van der Waals surface area contributed by atoms with Crippen LogP contribution < -0.4 is 15.0 Å². The van der Waals surface area contributed by atoms with Crippen molar-refractivity contribution in [3.05, 3.63) is 59.1 Å². The maximum Gasteiger partial charge on any atom is 0.224 e. The number of nitrogens with zero attached hydrogens (tertiary/aromatic N) is 2. The summed E-state index contributed by atoms with van der Waals surface area (Å²) in [6, 6.07) is 17.9. The minimum atomic E-state index is -0.0467. The normalized spacial score (nSPS) is 13.8. The van der Waals surface area contributed by atoms with Gasteiger partial charge in [-0.15, -0.1) is 0 Å². The number of ether oxygens (including phenoxy) is 1. The largest absolute Gasteiger partial charge is 0.494 e. The summed E-state index contributed by atoms with van der Waals surface area (Å²) >= 11 is 3.40. The molecule has 0 atom stereocenters. The third-order valence-corrected chi connectivity index (χ3v) is 5.52. The number of anilines is 1. The number of piperazine rings is 1. The van der Waals surface area contributed by atoms with E-state index in [-0.39, 0.29) is 11.8 Å². The first-order valence-corrected chi connectivity index (χ1v) is 11.1. The van der Waals surface area contributed by atoms with Gasteiger partial charge in [-0.25, -0.2) is 0 Å².